The normalized spacial score (nSPS) is 60.7. The van der Waals surface area contributed by atoms with Crippen LogP contribution in [0.1, 0.15) is 26.7 Å². The molecule has 2 aliphatic carbocycles. The van der Waals surface area contributed by atoms with Gasteiger partial charge in [0, 0.05) is 12.5 Å². The van der Waals surface area contributed by atoms with E-state index in [9.17, 15) is 5.11 Å². The second kappa shape index (κ2) is 3.86. The number of fused-ring (bicyclic) bond motifs is 3. The quantitative estimate of drug-likeness (QED) is 0.587. The van der Waals surface area contributed by atoms with Crippen LogP contribution in [0.3, 0.4) is 0 Å². The van der Waals surface area contributed by atoms with E-state index in [-0.39, 0.29) is 11.7 Å². The van der Waals surface area contributed by atoms with E-state index in [1.165, 1.54) is 0 Å². The molecule has 0 aromatic carbocycles. The van der Waals surface area contributed by atoms with Crippen LogP contribution >= 0.6 is 0 Å². The summed E-state index contributed by atoms with van der Waals surface area (Å²) < 4.78 is 17.1. The van der Waals surface area contributed by atoms with E-state index in [0.29, 0.717) is 30.7 Å². The Bertz CT molecular complexity index is 463. The first-order valence-electron chi connectivity index (χ1n) is 7.62. The summed E-state index contributed by atoms with van der Waals surface area (Å²) in [6, 6.07) is 0. The molecule has 0 aromatic heterocycles. The number of ether oxygens (including phenoxy) is 3. The predicted octanol–water partition coefficient (Wildman–Crippen LogP) is 1.73. The first-order valence-corrected chi connectivity index (χ1v) is 7.62. The lowest BCUT2D eigenvalue weighted by molar-refractivity contribution is -0.173. The van der Waals surface area contributed by atoms with Crippen LogP contribution in [0.25, 0.3) is 0 Å². The molecule has 1 spiro atoms. The molecule has 4 rings (SSSR count). The lowest BCUT2D eigenvalue weighted by atomic mass is 9.61. The topological polar surface area (TPSA) is 51.2 Å². The Morgan fingerprint density at radius 1 is 1.45 bits per heavy atom. The largest absolute Gasteiger partial charge is 0.391 e. The van der Waals surface area contributed by atoms with E-state index >= 15 is 0 Å². The van der Waals surface area contributed by atoms with E-state index in [4.69, 9.17) is 14.2 Å². The SMILES string of the molecule is C=C1CO[C@@H](OC)[C@]12C[C@@H]1C3OC3C[C@@H](C)[C@]1(C)[C@H]2O. The third kappa shape index (κ3) is 1.27. The summed E-state index contributed by atoms with van der Waals surface area (Å²) in [4.78, 5) is 0. The van der Waals surface area contributed by atoms with Crippen molar-refractivity contribution >= 4 is 0 Å². The molecule has 0 aromatic rings. The van der Waals surface area contributed by atoms with Crippen molar-refractivity contribution in [1.82, 2.24) is 0 Å². The number of aliphatic hydroxyl groups excluding tert-OH is 1. The summed E-state index contributed by atoms with van der Waals surface area (Å²) in [5, 5.41) is 11.2. The zero-order chi connectivity index (χ0) is 14.3. The van der Waals surface area contributed by atoms with Crippen molar-refractivity contribution in [3.63, 3.8) is 0 Å². The lowest BCUT2D eigenvalue weighted by Crippen LogP contribution is -2.50. The van der Waals surface area contributed by atoms with Gasteiger partial charge < -0.3 is 19.3 Å². The van der Waals surface area contributed by atoms with Gasteiger partial charge in [0.05, 0.1) is 30.3 Å². The van der Waals surface area contributed by atoms with Gasteiger partial charge in [-0.3, -0.25) is 0 Å². The third-order valence-corrected chi connectivity index (χ3v) is 6.80. The molecule has 4 heteroatoms. The van der Waals surface area contributed by atoms with Gasteiger partial charge in [-0.25, -0.2) is 0 Å². The molecular weight excluding hydrogens is 256 g/mol. The van der Waals surface area contributed by atoms with E-state index in [1.807, 2.05) is 0 Å². The third-order valence-electron chi connectivity index (χ3n) is 6.80. The average molecular weight is 280 g/mol. The minimum absolute atomic E-state index is 0.134. The fourth-order valence-electron chi connectivity index (χ4n) is 5.33. The zero-order valence-corrected chi connectivity index (χ0v) is 12.5. The van der Waals surface area contributed by atoms with Gasteiger partial charge in [0.2, 0.25) is 0 Å². The Hall–Kier alpha value is -0.420. The van der Waals surface area contributed by atoms with Crippen molar-refractivity contribution in [3.8, 4) is 0 Å². The van der Waals surface area contributed by atoms with Crippen LogP contribution in [0.4, 0.5) is 0 Å². The standard InChI is InChI=1S/C16H24O4/c1-8-5-11-12(20-11)10-6-16(13(17)15(8,10)3)9(2)7-19-14(16)18-4/h8,10-14,17H,2,5-7H2,1,3-4H3/t8-,10-,11?,12?,13-,14-,15+,16-/m1/s1. The highest BCUT2D eigenvalue weighted by Gasteiger charge is 2.73. The molecule has 20 heavy (non-hydrogen) atoms. The molecule has 4 fully saturated rings. The first-order chi connectivity index (χ1) is 9.46. The molecule has 4 aliphatic rings. The Morgan fingerprint density at radius 3 is 2.90 bits per heavy atom. The molecule has 1 N–H and O–H groups in total. The van der Waals surface area contributed by atoms with Crippen molar-refractivity contribution in [2.45, 2.75) is 51.3 Å². The van der Waals surface area contributed by atoms with Crippen LogP contribution in [0, 0.1) is 22.7 Å². The Kier molecular flexibility index (Phi) is 2.56. The summed E-state index contributed by atoms with van der Waals surface area (Å²) >= 11 is 0. The van der Waals surface area contributed by atoms with Crippen LogP contribution in [0.2, 0.25) is 0 Å². The maximum absolute atomic E-state index is 11.2. The number of hydrogen-bond acceptors (Lipinski definition) is 4. The van der Waals surface area contributed by atoms with Gasteiger partial charge in [0.25, 0.3) is 0 Å². The second-order valence-corrected chi connectivity index (χ2v) is 7.38. The molecule has 112 valence electrons. The van der Waals surface area contributed by atoms with Crippen LogP contribution in [-0.4, -0.2) is 43.4 Å². The van der Waals surface area contributed by atoms with E-state index in [1.54, 1.807) is 7.11 Å². The summed E-state index contributed by atoms with van der Waals surface area (Å²) in [6.45, 7) is 9.14. The monoisotopic (exact) mass is 280 g/mol. The maximum atomic E-state index is 11.2. The number of aliphatic hydroxyl groups is 1. The van der Waals surface area contributed by atoms with Crippen molar-refractivity contribution in [2.24, 2.45) is 22.7 Å². The summed E-state index contributed by atoms with van der Waals surface area (Å²) in [7, 11) is 1.65. The molecule has 2 unspecified atom stereocenters. The minimum Gasteiger partial charge on any atom is -0.391 e. The summed E-state index contributed by atoms with van der Waals surface area (Å²) in [5.74, 6) is 0.818. The second-order valence-electron chi connectivity index (χ2n) is 7.38. The molecule has 2 heterocycles. The minimum atomic E-state index is -0.472. The molecule has 8 atom stereocenters. The van der Waals surface area contributed by atoms with E-state index in [2.05, 4.69) is 20.4 Å². The number of methoxy groups -OCH3 is 1. The van der Waals surface area contributed by atoms with Crippen LogP contribution in [-0.2, 0) is 14.2 Å². The Morgan fingerprint density at radius 2 is 2.20 bits per heavy atom. The Balaban J connectivity index is 1.79. The lowest BCUT2D eigenvalue weighted by Gasteiger charge is -2.44. The van der Waals surface area contributed by atoms with Gasteiger partial charge in [-0.05, 0) is 30.3 Å². The predicted molar refractivity (Wildman–Crippen MR) is 73.0 cm³/mol. The highest BCUT2D eigenvalue weighted by Crippen LogP contribution is 2.69. The van der Waals surface area contributed by atoms with Gasteiger partial charge >= 0.3 is 0 Å². The molecule has 4 nitrogen and oxygen atoms in total. The molecule has 2 aliphatic heterocycles. The fourth-order valence-corrected chi connectivity index (χ4v) is 5.33. The van der Waals surface area contributed by atoms with Crippen molar-refractivity contribution in [2.75, 3.05) is 13.7 Å². The Labute approximate surface area is 120 Å². The van der Waals surface area contributed by atoms with Crippen molar-refractivity contribution in [3.05, 3.63) is 12.2 Å². The van der Waals surface area contributed by atoms with E-state index < -0.39 is 11.5 Å². The molecule has 2 saturated carbocycles. The van der Waals surface area contributed by atoms with Crippen molar-refractivity contribution in [1.29, 1.82) is 0 Å². The molecule has 0 amide bonds. The van der Waals surface area contributed by atoms with Gasteiger partial charge in [-0.15, -0.1) is 0 Å². The molecule has 0 bridgehead atoms. The van der Waals surface area contributed by atoms with Crippen LogP contribution in [0.15, 0.2) is 12.2 Å². The smallest absolute Gasteiger partial charge is 0.169 e. The van der Waals surface area contributed by atoms with Gasteiger partial charge in [-0.2, -0.15) is 0 Å². The number of epoxide rings is 1. The van der Waals surface area contributed by atoms with Crippen LogP contribution in [0.5, 0.6) is 0 Å². The van der Waals surface area contributed by atoms with Crippen LogP contribution < -0.4 is 0 Å². The average Bonchev–Trinajstić information content (AvgIpc) is 3.05. The first kappa shape index (κ1) is 13.3. The fraction of sp³-hybridized carbons (Fsp3) is 0.875. The summed E-state index contributed by atoms with van der Waals surface area (Å²) in [5.41, 5.74) is 0.394. The molecular formula is C16H24O4. The highest BCUT2D eigenvalue weighted by molar-refractivity contribution is 5.29. The van der Waals surface area contributed by atoms with Crippen molar-refractivity contribution < 1.29 is 19.3 Å². The maximum Gasteiger partial charge on any atom is 0.169 e. The van der Waals surface area contributed by atoms with Gasteiger partial charge in [0.1, 0.15) is 0 Å². The number of hydrogen-bond donors (Lipinski definition) is 1. The molecule has 0 radical (unpaired) electrons. The molecule has 2 saturated heterocycles. The van der Waals surface area contributed by atoms with E-state index in [0.717, 1.165) is 18.4 Å². The van der Waals surface area contributed by atoms with Gasteiger partial charge in [0.15, 0.2) is 6.29 Å². The van der Waals surface area contributed by atoms with Gasteiger partial charge in [-0.1, -0.05) is 20.4 Å². The summed E-state index contributed by atoms with van der Waals surface area (Å²) in [6.07, 6.45) is 1.79. The highest BCUT2D eigenvalue weighted by atomic mass is 16.7. The number of rotatable bonds is 1. The zero-order valence-electron chi connectivity index (χ0n) is 12.5.